The fourth-order valence-electron chi connectivity index (χ4n) is 2.18. The molecule has 1 heterocycles. The van der Waals surface area contributed by atoms with Gasteiger partial charge in [0, 0.05) is 6.04 Å². The Morgan fingerprint density at radius 2 is 1.68 bits per heavy atom. The van der Waals surface area contributed by atoms with Gasteiger partial charge in [-0.05, 0) is 37.7 Å². The minimum atomic E-state index is -4.74. The van der Waals surface area contributed by atoms with Crippen molar-refractivity contribution in [1.29, 1.82) is 5.26 Å². The highest BCUT2D eigenvalue weighted by Gasteiger charge is 2.36. The molecule has 152 valence electrons. The highest BCUT2D eigenvalue weighted by atomic mass is 35.5. The van der Waals surface area contributed by atoms with E-state index < -0.39 is 55.7 Å². The lowest BCUT2D eigenvalue weighted by Crippen LogP contribution is -2.15. The lowest BCUT2D eigenvalue weighted by Gasteiger charge is -2.17. The molecule has 1 N–H and O–H groups in total. The van der Waals surface area contributed by atoms with Gasteiger partial charge in [-0.3, -0.25) is 0 Å². The number of rotatable bonds is 4. The van der Waals surface area contributed by atoms with Crippen molar-refractivity contribution in [1.82, 2.24) is 9.78 Å². The number of nitrogens with one attached hydrogen (secondary N) is 1. The molecule has 28 heavy (non-hydrogen) atoms. The maximum Gasteiger partial charge on any atom is 0.446 e. The normalized spacial score (nSPS) is 12.4. The van der Waals surface area contributed by atoms with Crippen molar-refractivity contribution in [2.75, 3.05) is 5.32 Å². The molecule has 0 fully saturated rings. The topological polar surface area (TPSA) is 53.6 Å². The van der Waals surface area contributed by atoms with E-state index in [1.807, 2.05) is 0 Å². The van der Waals surface area contributed by atoms with Crippen LogP contribution in [0, 0.1) is 11.3 Å². The maximum absolute atomic E-state index is 12.9. The second-order valence-corrected chi connectivity index (χ2v) is 7.57. The fraction of sp³-hybridized carbons (Fsp3) is 0.333. The number of benzene rings is 1. The third-order valence-corrected chi connectivity index (χ3v) is 4.55. The van der Waals surface area contributed by atoms with Crippen LogP contribution in [0.3, 0.4) is 0 Å². The summed E-state index contributed by atoms with van der Waals surface area (Å²) in [7, 11) is 0. The van der Waals surface area contributed by atoms with Crippen LogP contribution in [-0.2, 0) is 6.18 Å². The predicted octanol–water partition coefficient (Wildman–Crippen LogP) is 6.50. The van der Waals surface area contributed by atoms with Crippen molar-refractivity contribution in [3.8, 4) is 11.8 Å². The zero-order valence-corrected chi connectivity index (χ0v) is 16.3. The monoisotopic (exact) mass is 462 g/mol. The SMILES string of the molecule is CC(C)Nc1c(SC(F)(F)F)c(C#N)nn1-c1c(Cl)cc(C(F)(F)F)cc1Cl. The van der Waals surface area contributed by atoms with Crippen LogP contribution in [0.4, 0.5) is 32.2 Å². The second kappa shape index (κ2) is 7.93. The fourth-order valence-corrected chi connectivity index (χ4v) is 3.49. The molecule has 0 unspecified atom stereocenters. The number of hydrogen-bond donors (Lipinski definition) is 1. The second-order valence-electron chi connectivity index (χ2n) is 5.68. The summed E-state index contributed by atoms with van der Waals surface area (Å²) in [4.78, 5) is -0.546. The Labute approximate surface area is 169 Å². The number of aromatic nitrogens is 2. The molecule has 0 radical (unpaired) electrons. The molecule has 0 amide bonds. The summed E-state index contributed by atoms with van der Waals surface area (Å²) in [6.45, 7) is 3.22. The molecule has 1 aromatic carbocycles. The van der Waals surface area contributed by atoms with Crippen LogP contribution >= 0.6 is 35.0 Å². The first-order chi connectivity index (χ1) is 12.7. The number of nitriles is 1. The van der Waals surface area contributed by atoms with E-state index in [-0.39, 0.29) is 11.5 Å². The molecule has 0 aliphatic carbocycles. The Morgan fingerprint density at radius 3 is 2.07 bits per heavy atom. The number of anilines is 1. The molecular weight excluding hydrogens is 453 g/mol. The highest BCUT2D eigenvalue weighted by Crippen LogP contribution is 2.45. The van der Waals surface area contributed by atoms with Crippen LogP contribution in [0.2, 0.25) is 10.0 Å². The summed E-state index contributed by atoms with van der Waals surface area (Å²) < 4.78 is 78.4. The number of alkyl halides is 6. The predicted molar refractivity (Wildman–Crippen MR) is 94.0 cm³/mol. The molecule has 0 saturated carbocycles. The molecule has 4 nitrogen and oxygen atoms in total. The Balaban J connectivity index is 2.77. The minimum absolute atomic E-state index is 0.266. The number of thioether (sulfide) groups is 1. The third-order valence-electron chi connectivity index (χ3n) is 3.15. The van der Waals surface area contributed by atoms with Gasteiger partial charge < -0.3 is 5.32 Å². The van der Waals surface area contributed by atoms with Crippen molar-refractivity contribution in [3.63, 3.8) is 0 Å². The van der Waals surface area contributed by atoms with E-state index in [1.54, 1.807) is 13.8 Å². The van der Waals surface area contributed by atoms with E-state index in [4.69, 9.17) is 23.2 Å². The lowest BCUT2D eigenvalue weighted by atomic mass is 10.2. The zero-order chi connectivity index (χ0) is 21.4. The first-order valence-corrected chi connectivity index (χ1v) is 8.94. The lowest BCUT2D eigenvalue weighted by molar-refractivity contribution is -0.137. The quantitative estimate of drug-likeness (QED) is 0.416. The van der Waals surface area contributed by atoms with E-state index in [2.05, 4.69) is 10.4 Å². The minimum Gasteiger partial charge on any atom is -0.367 e. The van der Waals surface area contributed by atoms with Gasteiger partial charge in [-0.1, -0.05) is 23.2 Å². The van der Waals surface area contributed by atoms with Gasteiger partial charge in [-0.25, -0.2) is 4.68 Å². The van der Waals surface area contributed by atoms with Crippen LogP contribution in [0.25, 0.3) is 5.69 Å². The molecule has 0 spiro atoms. The Hall–Kier alpha value is -1.77. The van der Waals surface area contributed by atoms with Gasteiger partial charge in [-0.15, -0.1) is 0 Å². The highest BCUT2D eigenvalue weighted by molar-refractivity contribution is 8.00. The summed E-state index contributed by atoms with van der Waals surface area (Å²) >= 11 is 11.3. The zero-order valence-electron chi connectivity index (χ0n) is 14.0. The molecule has 13 heteroatoms. The largest absolute Gasteiger partial charge is 0.446 e. The van der Waals surface area contributed by atoms with Crippen LogP contribution in [0.1, 0.15) is 25.1 Å². The maximum atomic E-state index is 12.9. The average molecular weight is 463 g/mol. The van der Waals surface area contributed by atoms with Crippen molar-refractivity contribution >= 4 is 40.8 Å². The number of halogens is 8. The van der Waals surface area contributed by atoms with Gasteiger partial charge in [0.2, 0.25) is 0 Å². The van der Waals surface area contributed by atoms with Gasteiger partial charge in [0.1, 0.15) is 17.6 Å². The van der Waals surface area contributed by atoms with Gasteiger partial charge in [-0.2, -0.15) is 36.7 Å². The molecule has 0 aliphatic heterocycles. The summed E-state index contributed by atoms with van der Waals surface area (Å²) in [5.74, 6) is -0.266. The van der Waals surface area contributed by atoms with E-state index in [0.717, 1.165) is 4.68 Å². The summed E-state index contributed by atoms with van der Waals surface area (Å²) in [5, 5.41) is 14.7. The van der Waals surface area contributed by atoms with Crippen molar-refractivity contribution in [2.45, 2.75) is 36.5 Å². The summed E-state index contributed by atoms with van der Waals surface area (Å²) in [6, 6.07) is 2.29. The number of nitrogens with zero attached hydrogens (tertiary/aromatic N) is 3. The molecule has 0 saturated heterocycles. The van der Waals surface area contributed by atoms with Gasteiger partial charge in [0.15, 0.2) is 5.69 Å². The standard InChI is InChI=1S/C15H10Cl2F6N4S/c1-6(2)25-13-12(28-15(21,22)23)10(5-24)26-27(13)11-8(16)3-7(4-9(11)17)14(18,19)20/h3-4,6,25H,1-2H3. The smallest absolute Gasteiger partial charge is 0.367 e. The van der Waals surface area contributed by atoms with Gasteiger partial charge >= 0.3 is 11.7 Å². The third kappa shape index (κ3) is 4.98. The van der Waals surface area contributed by atoms with E-state index in [9.17, 15) is 31.6 Å². The van der Waals surface area contributed by atoms with Crippen molar-refractivity contribution < 1.29 is 26.3 Å². The molecule has 1 aromatic heterocycles. The Bertz CT molecular complexity index is 907. The molecule has 0 bridgehead atoms. The average Bonchev–Trinajstić information content (AvgIpc) is 2.81. The molecular formula is C15H10Cl2F6N4S. The van der Waals surface area contributed by atoms with Crippen LogP contribution in [0.15, 0.2) is 17.0 Å². The molecule has 0 aliphatic rings. The van der Waals surface area contributed by atoms with Crippen LogP contribution in [0.5, 0.6) is 0 Å². The van der Waals surface area contributed by atoms with Gasteiger partial charge in [0.25, 0.3) is 0 Å². The van der Waals surface area contributed by atoms with E-state index in [1.165, 1.54) is 6.07 Å². The van der Waals surface area contributed by atoms with Gasteiger partial charge in [0.05, 0.1) is 20.5 Å². The number of hydrogen-bond acceptors (Lipinski definition) is 4. The van der Waals surface area contributed by atoms with Crippen molar-refractivity contribution in [2.24, 2.45) is 0 Å². The first kappa shape index (κ1) is 22.5. The molecule has 2 aromatic rings. The summed E-state index contributed by atoms with van der Waals surface area (Å²) in [5.41, 5.74) is -6.75. The Kier molecular flexibility index (Phi) is 6.37. The van der Waals surface area contributed by atoms with Crippen molar-refractivity contribution in [3.05, 3.63) is 33.4 Å². The Morgan fingerprint density at radius 1 is 1.14 bits per heavy atom. The van der Waals surface area contributed by atoms with Crippen LogP contribution in [-0.4, -0.2) is 21.3 Å². The molecule has 0 atom stereocenters. The first-order valence-electron chi connectivity index (χ1n) is 7.36. The molecule has 2 rings (SSSR count). The van der Waals surface area contributed by atoms with E-state index in [0.29, 0.717) is 12.1 Å². The summed E-state index contributed by atoms with van der Waals surface area (Å²) in [6.07, 6.45) is -4.73. The van der Waals surface area contributed by atoms with Crippen LogP contribution < -0.4 is 5.32 Å². The van der Waals surface area contributed by atoms with E-state index >= 15 is 0 Å².